The summed E-state index contributed by atoms with van der Waals surface area (Å²) in [5.41, 5.74) is 46.1. The summed E-state index contributed by atoms with van der Waals surface area (Å²) in [7, 11) is -20.4. The highest BCUT2D eigenvalue weighted by Gasteiger charge is 2.54. The molecule has 140 heavy (non-hydrogen) atoms. The molecule has 2 unspecified atom stereocenters. The molecule has 0 saturated carbocycles. The lowest BCUT2D eigenvalue weighted by atomic mass is 10.1. The standard InChI is InChI=1S/C38H50N12O18P2.C33H42N12O16P2.C2HF3O2/c1-38(2,3)67-37(55)45-22(6-4-5-7-28(51)61-15-20-8-10-21(11-9-20)47-48-41)35(53)66-31-25(65-34(30(31)52)50-19-44-29-32(40)42-18-43-33(29)50)17-63-70(59,60)68-23-14-27(49-13-12-26(39)46-36(49)54)64-24(23)16-62-69(56,57)58;34-19(3-1-2-4-25(46)55-12-17-5-7-18(8-6-17)42-43-37)32(48)60-28-22(59-31(27(28)47)45-16-40-26-29(36)38-15-39-30(26)45)14-57-63(53,54)61-20-11-24(44-10-9-23(35)41-33(44)49)58-21(20)13-56-62(50,51)52;3-2(4,5)1(6)7/h8-13,18-19,22-25,27,30-31,34,52H,4-7,14-17H2,1-3H3,(H,45,55)(H,59,60)(H2,39,46,54)(H2,40,42,43)(H2,56,57,58);5-10,15-16,19-22,24,27-28,31,47,50-52H,1-4,11-14,34H2,(H4-,35,36,38,39,41,49,53,54);(H,6,7)/p+1/t22-,23-,24+,25+,27+,30+,31+,34+;19-,20-,21+,22+,24+,27+,28+,31+;/m00./s1. The number of nitrogens with zero attached hydrogens (tertiary/aromatic N) is 18. The number of carboxylic acids is 1. The topological polar surface area (TPSA) is 891 Å². The molecule has 6 aromatic heterocycles. The van der Waals surface area contributed by atoms with Gasteiger partial charge in [-0.2, -0.15) is 42.3 Å². The summed E-state index contributed by atoms with van der Waals surface area (Å²) in [5.74, 6) is -6.19. The number of hydrogen-bond donors (Lipinski definition) is 16. The molecular weight excluding hydrogens is 1970 g/mol. The number of alkyl carbamates (subject to hydrolysis) is 1. The van der Waals surface area contributed by atoms with Crippen molar-refractivity contribution >= 4 is 125 Å². The molecule has 60 nitrogen and oxygen atoms in total. The van der Waals surface area contributed by atoms with E-state index in [0.717, 1.165) is 21.8 Å². The molecule has 4 aliphatic rings. The summed E-state index contributed by atoms with van der Waals surface area (Å²) in [6.07, 6.45) is -20.0. The summed E-state index contributed by atoms with van der Waals surface area (Å²) >= 11 is 0. The number of unbranched alkanes of at least 4 members (excludes halogenated alkanes) is 2. The lowest BCUT2D eigenvalue weighted by molar-refractivity contribution is -0.192. The maximum absolute atomic E-state index is 14.1. The van der Waals surface area contributed by atoms with Gasteiger partial charge in [0.25, 0.3) is 0 Å². The minimum atomic E-state index is -5.29. The van der Waals surface area contributed by atoms with Gasteiger partial charge in [-0.05, 0) is 80.8 Å². The van der Waals surface area contributed by atoms with Crippen LogP contribution in [0.2, 0.25) is 0 Å². The molecule has 4 fully saturated rings. The number of rotatable bonds is 41. The summed E-state index contributed by atoms with van der Waals surface area (Å²) in [6, 6.07) is 12.6. The van der Waals surface area contributed by atoms with Crippen LogP contribution in [0.25, 0.3) is 43.2 Å². The van der Waals surface area contributed by atoms with E-state index in [1.807, 2.05) is 0 Å². The Morgan fingerprint density at radius 1 is 0.586 bits per heavy atom. The van der Waals surface area contributed by atoms with Gasteiger partial charge in [-0.1, -0.05) is 71.6 Å². The van der Waals surface area contributed by atoms with Crippen LogP contribution < -0.4 is 45.4 Å². The highest BCUT2D eigenvalue weighted by Crippen LogP contribution is 2.53. The van der Waals surface area contributed by atoms with E-state index in [2.05, 4.69) is 74.3 Å². The Balaban J connectivity index is 0.000000271. The van der Waals surface area contributed by atoms with Gasteiger partial charge in [0, 0.05) is 59.3 Å². The van der Waals surface area contributed by atoms with Crippen LogP contribution in [-0.4, -0.2) is 255 Å². The average molecular weight is 2060 g/mol. The Bertz CT molecular complexity index is 6050. The molecule has 0 spiro atoms. The van der Waals surface area contributed by atoms with Gasteiger partial charge in [-0.15, -0.1) is 0 Å². The van der Waals surface area contributed by atoms with E-state index in [0.29, 0.717) is 28.9 Å². The van der Waals surface area contributed by atoms with E-state index in [-0.39, 0.29) is 117 Å². The van der Waals surface area contributed by atoms with E-state index in [1.165, 1.54) is 46.3 Å². The van der Waals surface area contributed by atoms with Crippen LogP contribution in [0.1, 0.15) is 121 Å². The fourth-order valence-corrected chi connectivity index (χ4v) is 16.2. The molecule has 8 aromatic rings. The quantitative estimate of drug-likeness (QED) is 0.00495. The number of aliphatic hydroxyl groups excluding tert-OH is 2. The molecule has 10 heterocycles. The number of benzene rings is 2. The van der Waals surface area contributed by atoms with E-state index in [1.54, 1.807) is 69.3 Å². The number of alkyl halides is 3. The van der Waals surface area contributed by atoms with Crippen molar-refractivity contribution in [1.82, 2.24) is 63.5 Å². The number of ether oxygens (including phenoxy) is 9. The number of imidazole rings is 2. The van der Waals surface area contributed by atoms with Crippen LogP contribution in [0.5, 0.6) is 0 Å². The molecule has 21 N–H and O–H groups in total. The van der Waals surface area contributed by atoms with Crippen LogP contribution >= 0.6 is 31.6 Å². The highest BCUT2D eigenvalue weighted by molar-refractivity contribution is 7.53. The second kappa shape index (κ2) is 48.3. The first-order chi connectivity index (χ1) is 65.8. The number of aliphatic hydroxyl groups is 2. The molecule has 0 radical (unpaired) electrons. The first-order valence-electron chi connectivity index (χ1n) is 41.2. The van der Waals surface area contributed by atoms with Crippen molar-refractivity contribution in [3.8, 4) is 0 Å². The predicted molar refractivity (Wildman–Crippen MR) is 463 cm³/mol. The second-order valence-corrected chi connectivity index (χ2v) is 36.8. The molecular formula is C73H94F3N24O36P4+. The first kappa shape index (κ1) is 110. The lowest BCUT2D eigenvalue weighted by Crippen LogP contribution is -2.47. The van der Waals surface area contributed by atoms with Crippen LogP contribution in [0.4, 0.5) is 52.6 Å². The Hall–Kier alpha value is -12.1. The number of nitrogens with one attached hydrogen (secondary N) is 1. The number of aliphatic carboxylic acids is 1. The second-order valence-electron chi connectivity index (χ2n) is 31.4. The van der Waals surface area contributed by atoms with Crippen molar-refractivity contribution in [3.05, 3.63) is 151 Å². The van der Waals surface area contributed by atoms with Gasteiger partial charge >= 0.3 is 85.1 Å². The molecule has 4 aliphatic heterocycles. The maximum Gasteiger partial charge on any atom is 0.567 e. The number of halogens is 3. The monoisotopic (exact) mass is 2060 g/mol. The SMILES string of the molecule is CC(C)(C)OC(=O)N[C@@H](CCCCC(=O)OCc1ccc(N=[N+]=[N-])cc1)C(=O)O[C@H]1[C@@H](O)[C@H](n2cnc3c(N)ncnc32)O[C@@H]1COP(=O)(O)O[C@H]1C[C@H](n2ccc(N)nc2=O)O[C@@H]1COP(=O)(O)O.O=C(O)C(F)(F)F.[N-]=[N+]=Nc1ccc(COC(=O)CCCC[C@H](N)C(=O)O[C@H]2[C@@H](O)[C@H](n3cnc4c(N)ncnc43)O[C@@H]2COP(=O)(O)O[C@H]2C[C@H](n3ccc(N)nc3=O)O[C@@H]2CO[P+](O)(O)O)cc1. The number of hydrogen-bond acceptors (Lipinski definition) is 46. The molecule has 4 saturated heterocycles. The first-order valence-corrected chi connectivity index (χ1v) is 47.3. The van der Waals surface area contributed by atoms with E-state index < -0.39 is 215 Å². The third kappa shape index (κ3) is 32.2. The number of phosphoric ester groups is 3. The number of esters is 4. The van der Waals surface area contributed by atoms with Crippen molar-refractivity contribution in [3.63, 3.8) is 0 Å². The van der Waals surface area contributed by atoms with Gasteiger partial charge in [0.15, 0.2) is 47.6 Å². The zero-order chi connectivity index (χ0) is 103. The maximum atomic E-state index is 14.1. The van der Waals surface area contributed by atoms with E-state index in [9.17, 15) is 105 Å². The van der Waals surface area contributed by atoms with Crippen molar-refractivity contribution in [2.24, 2.45) is 16.0 Å². The number of amides is 1. The number of nitrogens with two attached hydrogens (primary N) is 5. The molecule has 2 aromatic carbocycles. The van der Waals surface area contributed by atoms with Gasteiger partial charge in [0.05, 0.1) is 32.5 Å². The summed E-state index contributed by atoms with van der Waals surface area (Å²) in [6.45, 7) is 1.21. The zero-order valence-electron chi connectivity index (χ0n) is 73.2. The Morgan fingerprint density at radius 3 is 1.40 bits per heavy atom. The van der Waals surface area contributed by atoms with E-state index in [4.69, 9.17) is 110 Å². The molecule has 67 heteroatoms. The number of phosphoric acid groups is 3. The molecule has 18 atom stereocenters. The van der Waals surface area contributed by atoms with Gasteiger partial charge in [0.1, 0.15) is 134 Å². The number of azide groups is 2. The van der Waals surface area contributed by atoms with Crippen LogP contribution in [0.3, 0.4) is 0 Å². The predicted octanol–water partition coefficient (Wildman–Crippen LogP) is 3.54. The number of aromatic nitrogens is 12. The number of carbonyl (C=O) groups excluding carboxylic acids is 5. The van der Waals surface area contributed by atoms with Crippen LogP contribution in [0.15, 0.2) is 118 Å². The third-order valence-electron chi connectivity index (χ3n) is 20.1. The zero-order valence-corrected chi connectivity index (χ0v) is 76.8. The Labute approximate surface area is 784 Å². The minimum absolute atomic E-state index is 0.00814. The number of fused-ring (bicyclic) bond motifs is 2. The van der Waals surface area contributed by atoms with Crippen molar-refractivity contribution in [2.45, 2.75) is 208 Å². The van der Waals surface area contributed by atoms with Crippen molar-refractivity contribution in [1.29, 1.82) is 0 Å². The van der Waals surface area contributed by atoms with Crippen molar-refractivity contribution < 1.29 is 175 Å². The Morgan fingerprint density at radius 2 is 1.00 bits per heavy atom. The summed E-state index contributed by atoms with van der Waals surface area (Å²) in [5, 5.41) is 39.8. The van der Waals surface area contributed by atoms with Gasteiger partial charge < -0.3 is 112 Å². The van der Waals surface area contributed by atoms with Crippen LogP contribution in [0, 0.1) is 0 Å². The number of carboxylic acid groups (broad SMARTS) is 1. The number of nitrogen functional groups attached to an aromatic ring is 4. The Kier molecular flexibility index (Phi) is 37.9. The number of anilines is 4. The summed E-state index contributed by atoms with van der Waals surface area (Å²) in [4.78, 5) is 205. The van der Waals surface area contributed by atoms with Crippen LogP contribution in [-0.2, 0) is 121 Å². The highest BCUT2D eigenvalue weighted by atomic mass is 31.2. The summed E-state index contributed by atoms with van der Waals surface area (Å²) < 4.78 is 156. The largest absolute Gasteiger partial charge is 0.567 e. The van der Waals surface area contributed by atoms with Gasteiger partial charge in [0.2, 0.25) is 0 Å². The molecule has 762 valence electrons. The lowest BCUT2D eigenvalue weighted by Gasteiger charge is -2.26. The number of carbonyl (C=O) groups is 6. The third-order valence-corrected chi connectivity index (χ3v) is 23.1. The fraction of sp³-hybridized carbons (Fsp3) is 0.507. The average Bonchev–Trinajstić information content (AvgIpc) is 1.62. The smallest absolute Gasteiger partial charge is 0.475 e. The molecule has 0 aliphatic carbocycles. The molecule has 1 amide bonds. The minimum Gasteiger partial charge on any atom is -0.475 e. The van der Waals surface area contributed by atoms with Crippen molar-refractivity contribution in [2.75, 3.05) is 49.4 Å². The molecule has 12 rings (SSSR count). The molecule has 0 bridgehead atoms. The fourth-order valence-electron chi connectivity index (χ4n) is 13.6. The van der Waals surface area contributed by atoms with Gasteiger partial charge in [-0.3, -0.25) is 55.3 Å². The van der Waals surface area contributed by atoms with E-state index >= 15 is 0 Å². The normalized spacial score (nSPS) is 22.6. The van der Waals surface area contributed by atoms with Gasteiger partial charge in [-0.25, -0.2) is 67.6 Å².